The van der Waals surface area contributed by atoms with Crippen LogP contribution in [0.4, 0.5) is 5.82 Å². The Morgan fingerprint density at radius 3 is 2.95 bits per heavy atom. The number of pyridine rings is 1. The number of likely N-dealkylation sites (N-methyl/N-ethyl adjacent to an activating group) is 1. The number of rotatable bonds is 6. The Labute approximate surface area is 117 Å². The molecule has 0 fully saturated rings. The van der Waals surface area contributed by atoms with Gasteiger partial charge in [-0.2, -0.15) is 5.10 Å². The Kier molecular flexibility index (Phi) is 4.65. The molecule has 0 aliphatic carbocycles. The minimum atomic E-state index is -0.0710. The van der Waals surface area contributed by atoms with Crippen molar-refractivity contribution < 1.29 is 4.79 Å². The number of nitrogens with zero attached hydrogens (tertiary/aromatic N) is 3. The summed E-state index contributed by atoms with van der Waals surface area (Å²) in [4.78, 5) is 20.0. The molecule has 0 unspecified atom stereocenters. The number of nitrogens with one attached hydrogen (secondary N) is 3. The first-order chi connectivity index (χ1) is 9.72. The molecule has 0 aromatic carbocycles. The lowest BCUT2D eigenvalue weighted by Gasteiger charge is -2.02. The third kappa shape index (κ3) is 3.53. The predicted octanol–water partition coefficient (Wildman–Crippen LogP) is 0.977. The zero-order chi connectivity index (χ0) is 14.4. The van der Waals surface area contributed by atoms with Gasteiger partial charge in [0.05, 0.1) is 6.42 Å². The highest BCUT2D eigenvalue weighted by molar-refractivity contribution is 5.77. The second-order valence-corrected chi connectivity index (χ2v) is 4.20. The van der Waals surface area contributed by atoms with Gasteiger partial charge >= 0.3 is 0 Å². The minimum absolute atomic E-state index is 0.0710. The summed E-state index contributed by atoms with van der Waals surface area (Å²) in [7, 11) is 0. The van der Waals surface area contributed by atoms with E-state index < -0.39 is 0 Å². The van der Waals surface area contributed by atoms with Crippen LogP contribution in [0.2, 0.25) is 0 Å². The Hall–Kier alpha value is -2.44. The van der Waals surface area contributed by atoms with Gasteiger partial charge in [-0.15, -0.1) is 0 Å². The normalized spacial score (nSPS) is 10.3. The van der Waals surface area contributed by atoms with Gasteiger partial charge in [-0.25, -0.2) is 9.97 Å². The molecular formula is C13H18N6O. The number of amides is 1. The number of anilines is 1. The number of carbonyl (C=O) groups excluding carboxylic acids is 1. The maximum atomic E-state index is 11.5. The van der Waals surface area contributed by atoms with E-state index in [1.807, 2.05) is 26.0 Å². The van der Waals surface area contributed by atoms with E-state index in [0.29, 0.717) is 18.2 Å². The van der Waals surface area contributed by atoms with Crippen LogP contribution in [0.15, 0.2) is 18.3 Å². The summed E-state index contributed by atoms with van der Waals surface area (Å²) < 4.78 is 0. The van der Waals surface area contributed by atoms with Crippen LogP contribution in [0.3, 0.4) is 0 Å². The van der Waals surface area contributed by atoms with Crippen molar-refractivity contribution in [2.24, 2.45) is 0 Å². The van der Waals surface area contributed by atoms with Crippen LogP contribution >= 0.6 is 0 Å². The molecule has 0 aliphatic heterocycles. The van der Waals surface area contributed by atoms with Gasteiger partial charge in [-0.3, -0.25) is 9.89 Å². The minimum Gasteiger partial charge on any atom is -0.370 e. The summed E-state index contributed by atoms with van der Waals surface area (Å²) in [6.07, 6.45) is 1.90. The molecule has 0 bridgehead atoms. The molecule has 0 saturated carbocycles. The molecule has 0 atom stereocenters. The summed E-state index contributed by atoms with van der Waals surface area (Å²) >= 11 is 0. The third-order valence-corrected chi connectivity index (χ3v) is 2.61. The lowest BCUT2D eigenvalue weighted by Crippen LogP contribution is -2.24. The highest BCUT2D eigenvalue weighted by Crippen LogP contribution is 2.17. The molecule has 2 rings (SSSR count). The van der Waals surface area contributed by atoms with Crippen molar-refractivity contribution in [3.05, 3.63) is 24.2 Å². The number of H-pyrrole nitrogens is 1. The maximum absolute atomic E-state index is 11.5. The van der Waals surface area contributed by atoms with Gasteiger partial charge in [0, 0.05) is 24.8 Å². The van der Waals surface area contributed by atoms with Crippen molar-refractivity contribution in [3.63, 3.8) is 0 Å². The van der Waals surface area contributed by atoms with E-state index >= 15 is 0 Å². The molecule has 20 heavy (non-hydrogen) atoms. The Morgan fingerprint density at radius 2 is 2.20 bits per heavy atom. The number of hydrogen-bond donors (Lipinski definition) is 3. The van der Waals surface area contributed by atoms with Crippen molar-refractivity contribution in [1.82, 2.24) is 25.5 Å². The van der Waals surface area contributed by atoms with Crippen LogP contribution < -0.4 is 10.6 Å². The van der Waals surface area contributed by atoms with Gasteiger partial charge in [-0.05, 0) is 26.0 Å². The SMILES string of the molecule is CCNC(=O)Cc1nc(-c2ccnc(NCC)c2)n[nH]1. The maximum Gasteiger partial charge on any atom is 0.227 e. The van der Waals surface area contributed by atoms with Crippen LogP contribution in [0.25, 0.3) is 11.4 Å². The number of hydrogen-bond acceptors (Lipinski definition) is 5. The average molecular weight is 274 g/mol. The Morgan fingerprint density at radius 1 is 1.35 bits per heavy atom. The second-order valence-electron chi connectivity index (χ2n) is 4.20. The summed E-state index contributed by atoms with van der Waals surface area (Å²) in [6.45, 7) is 5.29. The Bertz CT molecular complexity index is 580. The fourth-order valence-electron chi connectivity index (χ4n) is 1.76. The van der Waals surface area contributed by atoms with Crippen LogP contribution in [0.1, 0.15) is 19.7 Å². The molecule has 0 aliphatic rings. The quantitative estimate of drug-likeness (QED) is 0.729. The standard InChI is InChI=1S/C13H18N6O/c1-3-14-10-7-9(5-6-16-10)13-17-11(18-19-13)8-12(20)15-4-2/h5-7H,3-4,8H2,1-2H3,(H,14,16)(H,15,20)(H,17,18,19). The number of aromatic nitrogens is 4. The van der Waals surface area contributed by atoms with Gasteiger partial charge in [0.15, 0.2) is 5.82 Å². The van der Waals surface area contributed by atoms with E-state index in [1.54, 1.807) is 6.20 Å². The van der Waals surface area contributed by atoms with Crippen molar-refractivity contribution in [3.8, 4) is 11.4 Å². The lowest BCUT2D eigenvalue weighted by atomic mass is 10.2. The van der Waals surface area contributed by atoms with E-state index in [2.05, 4.69) is 30.8 Å². The second kappa shape index (κ2) is 6.65. The molecule has 0 saturated heterocycles. The molecule has 106 valence electrons. The molecule has 2 aromatic rings. The fourth-order valence-corrected chi connectivity index (χ4v) is 1.76. The number of aromatic amines is 1. The van der Waals surface area contributed by atoms with Gasteiger partial charge in [-0.1, -0.05) is 0 Å². The predicted molar refractivity (Wildman–Crippen MR) is 76.2 cm³/mol. The highest BCUT2D eigenvalue weighted by Gasteiger charge is 2.10. The van der Waals surface area contributed by atoms with Crippen LogP contribution in [-0.4, -0.2) is 39.2 Å². The van der Waals surface area contributed by atoms with Crippen molar-refractivity contribution in [1.29, 1.82) is 0 Å². The molecule has 1 amide bonds. The van der Waals surface area contributed by atoms with Crippen molar-refractivity contribution in [2.45, 2.75) is 20.3 Å². The van der Waals surface area contributed by atoms with Gasteiger partial charge in [0.1, 0.15) is 11.6 Å². The average Bonchev–Trinajstić information content (AvgIpc) is 2.88. The Balaban J connectivity index is 2.12. The molecule has 2 heterocycles. The van der Waals surface area contributed by atoms with Gasteiger partial charge in [0.25, 0.3) is 0 Å². The topological polar surface area (TPSA) is 95.6 Å². The van der Waals surface area contributed by atoms with E-state index in [0.717, 1.165) is 17.9 Å². The third-order valence-electron chi connectivity index (χ3n) is 2.61. The van der Waals surface area contributed by atoms with Crippen LogP contribution in [0.5, 0.6) is 0 Å². The van der Waals surface area contributed by atoms with Crippen LogP contribution in [-0.2, 0) is 11.2 Å². The number of carbonyl (C=O) groups is 1. The smallest absolute Gasteiger partial charge is 0.227 e. The summed E-state index contributed by atoms with van der Waals surface area (Å²) in [5.41, 5.74) is 0.856. The molecule has 0 radical (unpaired) electrons. The summed E-state index contributed by atoms with van der Waals surface area (Å²) in [5.74, 6) is 1.82. The fraction of sp³-hybridized carbons (Fsp3) is 0.385. The van der Waals surface area contributed by atoms with E-state index in [9.17, 15) is 4.79 Å². The van der Waals surface area contributed by atoms with E-state index in [1.165, 1.54) is 0 Å². The largest absolute Gasteiger partial charge is 0.370 e. The lowest BCUT2D eigenvalue weighted by molar-refractivity contribution is -0.120. The monoisotopic (exact) mass is 274 g/mol. The van der Waals surface area contributed by atoms with Gasteiger partial charge < -0.3 is 10.6 Å². The van der Waals surface area contributed by atoms with Gasteiger partial charge in [0.2, 0.25) is 5.91 Å². The zero-order valence-corrected chi connectivity index (χ0v) is 11.6. The first-order valence-electron chi connectivity index (χ1n) is 6.61. The van der Waals surface area contributed by atoms with Crippen molar-refractivity contribution >= 4 is 11.7 Å². The molecule has 3 N–H and O–H groups in total. The molecule has 0 spiro atoms. The first kappa shape index (κ1) is 14.0. The molecule has 2 aromatic heterocycles. The molecular weight excluding hydrogens is 256 g/mol. The summed E-state index contributed by atoms with van der Waals surface area (Å²) in [5, 5.41) is 12.8. The van der Waals surface area contributed by atoms with Crippen LogP contribution in [0, 0.1) is 0 Å². The summed E-state index contributed by atoms with van der Waals surface area (Å²) in [6, 6.07) is 3.71. The zero-order valence-electron chi connectivity index (χ0n) is 11.6. The van der Waals surface area contributed by atoms with E-state index in [4.69, 9.17) is 0 Å². The highest BCUT2D eigenvalue weighted by atomic mass is 16.1. The molecule has 7 nitrogen and oxygen atoms in total. The first-order valence-corrected chi connectivity index (χ1v) is 6.61. The molecule has 7 heteroatoms. The van der Waals surface area contributed by atoms with E-state index in [-0.39, 0.29) is 12.3 Å². The van der Waals surface area contributed by atoms with Crippen molar-refractivity contribution in [2.75, 3.05) is 18.4 Å².